The fourth-order valence-corrected chi connectivity index (χ4v) is 2.81. The molecule has 1 heterocycles. The summed E-state index contributed by atoms with van der Waals surface area (Å²) in [5.74, 6) is -0.0128. The predicted molar refractivity (Wildman–Crippen MR) is 80.8 cm³/mol. The van der Waals surface area contributed by atoms with Crippen molar-refractivity contribution in [3.8, 4) is 16.9 Å². The molecule has 0 bridgehead atoms. The molecule has 1 N–H and O–H groups in total. The predicted octanol–water partition coefficient (Wildman–Crippen LogP) is 2.88. The van der Waals surface area contributed by atoms with Crippen molar-refractivity contribution in [1.82, 2.24) is 9.78 Å². The highest BCUT2D eigenvalue weighted by Gasteiger charge is 2.16. The first-order valence-corrected chi connectivity index (χ1v) is 6.76. The van der Waals surface area contributed by atoms with Gasteiger partial charge in [-0.3, -0.25) is 9.48 Å². The Bertz CT molecular complexity index is 679. The Morgan fingerprint density at radius 2 is 1.81 bits per heavy atom. The van der Waals surface area contributed by atoms with Gasteiger partial charge in [0, 0.05) is 11.3 Å². The zero-order valence-electron chi connectivity index (χ0n) is 13.0. The number of nitrogens with zero attached hydrogens (tertiary/aromatic N) is 2. The molecule has 21 heavy (non-hydrogen) atoms. The van der Waals surface area contributed by atoms with Gasteiger partial charge in [0.25, 0.3) is 0 Å². The number of carboxylic acid groups (broad SMARTS) is 1. The molecule has 1 aromatic heterocycles. The Hall–Kier alpha value is -2.30. The summed E-state index contributed by atoms with van der Waals surface area (Å²) in [6, 6.07) is 4.10. The Morgan fingerprint density at radius 3 is 2.29 bits per heavy atom. The smallest absolute Gasteiger partial charge is 0.325 e. The van der Waals surface area contributed by atoms with Gasteiger partial charge in [-0.1, -0.05) is 0 Å². The lowest BCUT2D eigenvalue weighted by Crippen LogP contribution is -2.11. The van der Waals surface area contributed by atoms with E-state index >= 15 is 0 Å². The van der Waals surface area contributed by atoms with Crippen LogP contribution in [0.25, 0.3) is 11.1 Å². The first-order valence-electron chi connectivity index (χ1n) is 6.76. The van der Waals surface area contributed by atoms with Crippen molar-refractivity contribution in [3.05, 3.63) is 34.6 Å². The number of ether oxygens (including phenoxy) is 1. The number of carbonyl (C=O) groups is 1. The Balaban J connectivity index is 2.57. The van der Waals surface area contributed by atoms with E-state index in [1.807, 2.05) is 39.8 Å². The second-order valence-electron chi connectivity index (χ2n) is 5.24. The minimum Gasteiger partial charge on any atom is -0.496 e. The highest BCUT2D eigenvalue weighted by atomic mass is 16.5. The fourth-order valence-electron chi connectivity index (χ4n) is 2.81. The van der Waals surface area contributed by atoms with Gasteiger partial charge in [-0.15, -0.1) is 0 Å². The first-order chi connectivity index (χ1) is 9.85. The lowest BCUT2D eigenvalue weighted by molar-refractivity contribution is -0.137. The molecule has 0 radical (unpaired) electrons. The molecule has 112 valence electrons. The largest absolute Gasteiger partial charge is 0.496 e. The van der Waals surface area contributed by atoms with E-state index in [4.69, 9.17) is 9.84 Å². The van der Waals surface area contributed by atoms with Crippen LogP contribution in [0.3, 0.4) is 0 Å². The molecule has 0 aliphatic rings. The molecule has 0 fully saturated rings. The summed E-state index contributed by atoms with van der Waals surface area (Å²) in [5, 5.41) is 13.3. The summed E-state index contributed by atoms with van der Waals surface area (Å²) >= 11 is 0. The molecule has 0 spiro atoms. The number of benzene rings is 1. The minimum absolute atomic E-state index is 0.124. The van der Waals surface area contributed by atoms with Crippen molar-refractivity contribution in [2.45, 2.75) is 34.2 Å². The maximum atomic E-state index is 10.9. The highest BCUT2D eigenvalue weighted by molar-refractivity contribution is 5.72. The maximum Gasteiger partial charge on any atom is 0.325 e. The van der Waals surface area contributed by atoms with E-state index in [0.717, 1.165) is 39.4 Å². The van der Waals surface area contributed by atoms with Crippen LogP contribution in [0.5, 0.6) is 5.75 Å². The summed E-state index contributed by atoms with van der Waals surface area (Å²) in [6.45, 7) is 7.67. The van der Waals surface area contributed by atoms with Gasteiger partial charge in [-0.05, 0) is 56.5 Å². The molecule has 0 unspecified atom stereocenters. The quantitative estimate of drug-likeness (QED) is 0.939. The number of aryl methyl sites for hydroxylation is 3. The lowest BCUT2D eigenvalue weighted by Gasteiger charge is -2.12. The number of methoxy groups -OCH3 is 1. The molecular weight excluding hydrogens is 268 g/mol. The van der Waals surface area contributed by atoms with Gasteiger partial charge >= 0.3 is 5.97 Å². The molecule has 0 aliphatic heterocycles. The zero-order chi connectivity index (χ0) is 15.7. The SMILES string of the molecule is COc1c(C)cc(-c2c(C)nn(CC(=O)O)c2C)cc1C. The molecule has 0 atom stereocenters. The van der Waals surface area contributed by atoms with Crippen LogP contribution in [0.2, 0.25) is 0 Å². The topological polar surface area (TPSA) is 64.4 Å². The van der Waals surface area contributed by atoms with E-state index < -0.39 is 5.97 Å². The molecule has 0 saturated carbocycles. The van der Waals surface area contributed by atoms with Gasteiger partial charge in [0.2, 0.25) is 0 Å². The third kappa shape index (κ3) is 2.77. The van der Waals surface area contributed by atoms with Crippen molar-refractivity contribution in [2.75, 3.05) is 7.11 Å². The summed E-state index contributed by atoms with van der Waals surface area (Å²) in [5.41, 5.74) is 5.83. The van der Waals surface area contributed by atoms with Crippen LogP contribution in [-0.2, 0) is 11.3 Å². The Morgan fingerprint density at radius 1 is 1.24 bits per heavy atom. The van der Waals surface area contributed by atoms with Crippen LogP contribution in [0.1, 0.15) is 22.5 Å². The fraction of sp³-hybridized carbons (Fsp3) is 0.375. The van der Waals surface area contributed by atoms with E-state index in [0.29, 0.717) is 0 Å². The number of carboxylic acids is 1. The van der Waals surface area contributed by atoms with Crippen molar-refractivity contribution >= 4 is 5.97 Å². The van der Waals surface area contributed by atoms with Crippen molar-refractivity contribution in [3.63, 3.8) is 0 Å². The monoisotopic (exact) mass is 288 g/mol. The highest BCUT2D eigenvalue weighted by Crippen LogP contribution is 2.33. The average molecular weight is 288 g/mol. The molecule has 1 aromatic carbocycles. The molecule has 2 rings (SSSR count). The van der Waals surface area contributed by atoms with E-state index in [2.05, 4.69) is 5.10 Å². The van der Waals surface area contributed by atoms with Crippen molar-refractivity contribution in [1.29, 1.82) is 0 Å². The molecular formula is C16H20N2O3. The third-order valence-corrected chi connectivity index (χ3v) is 3.62. The third-order valence-electron chi connectivity index (χ3n) is 3.62. The number of rotatable bonds is 4. The average Bonchev–Trinajstić information content (AvgIpc) is 2.63. The zero-order valence-corrected chi connectivity index (χ0v) is 13.0. The molecule has 0 amide bonds. The van der Waals surface area contributed by atoms with E-state index in [1.54, 1.807) is 7.11 Å². The number of aromatic nitrogens is 2. The van der Waals surface area contributed by atoms with Gasteiger partial charge in [0.15, 0.2) is 0 Å². The van der Waals surface area contributed by atoms with Crippen LogP contribution in [0.15, 0.2) is 12.1 Å². The van der Waals surface area contributed by atoms with Crippen LogP contribution < -0.4 is 4.74 Å². The van der Waals surface area contributed by atoms with Crippen molar-refractivity contribution in [2.24, 2.45) is 0 Å². The second-order valence-corrected chi connectivity index (χ2v) is 5.24. The van der Waals surface area contributed by atoms with Gasteiger partial charge in [-0.2, -0.15) is 5.10 Å². The first kappa shape index (κ1) is 15.1. The van der Waals surface area contributed by atoms with Crippen LogP contribution in [-0.4, -0.2) is 28.0 Å². The summed E-state index contributed by atoms with van der Waals surface area (Å²) in [6.07, 6.45) is 0. The molecule has 5 nitrogen and oxygen atoms in total. The molecule has 5 heteroatoms. The second kappa shape index (κ2) is 5.60. The number of hydrogen-bond acceptors (Lipinski definition) is 3. The van der Waals surface area contributed by atoms with Crippen LogP contribution in [0.4, 0.5) is 0 Å². The molecule has 0 aliphatic carbocycles. The summed E-state index contributed by atoms with van der Waals surface area (Å²) in [4.78, 5) is 10.9. The van der Waals surface area contributed by atoms with E-state index in [9.17, 15) is 4.79 Å². The Labute approximate surface area is 124 Å². The molecule has 0 saturated heterocycles. The number of aliphatic carboxylic acids is 1. The lowest BCUT2D eigenvalue weighted by atomic mass is 9.98. The van der Waals surface area contributed by atoms with E-state index in [-0.39, 0.29) is 6.54 Å². The summed E-state index contributed by atoms with van der Waals surface area (Å²) < 4.78 is 6.92. The summed E-state index contributed by atoms with van der Waals surface area (Å²) in [7, 11) is 1.66. The van der Waals surface area contributed by atoms with Gasteiger partial charge in [0.05, 0.1) is 12.8 Å². The van der Waals surface area contributed by atoms with Crippen molar-refractivity contribution < 1.29 is 14.6 Å². The van der Waals surface area contributed by atoms with Crippen LogP contribution in [0, 0.1) is 27.7 Å². The Kier molecular flexibility index (Phi) is 4.02. The van der Waals surface area contributed by atoms with Gasteiger partial charge in [0.1, 0.15) is 12.3 Å². The van der Waals surface area contributed by atoms with E-state index in [1.165, 1.54) is 4.68 Å². The van der Waals surface area contributed by atoms with Crippen LogP contribution >= 0.6 is 0 Å². The maximum absolute atomic E-state index is 10.9. The number of hydrogen-bond donors (Lipinski definition) is 1. The normalized spacial score (nSPS) is 10.7. The molecule has 2 aromatic rings. The minimum atomic E-state index is -0.894. The standard InChI is InChI=1S/C16H20N2O3/c1-9-6-13(7-10(2)16(9)21-5)15-11(3)17-18(12(15)4)8-14(19)20/h6-7H,8H2,1-5H3,(H,19,20). The van der Waals surface area contributed by atoms with Gasteiger partial charge in [-0.25, -0.2) is 0 Å². The van der Waals surface area contributed by atoms with Gasteiger partial charge < -0.3 is 9.84 Å².